The first-order valence-electron chi connectivity index (χ1n) is 6.26. The number of rotatable bonds is 5. The number of ether oxygens (including phenoxy) is 2. The summed E-state index contributed by atoms with van der Waals surface area (Å²) in [6.07, 6.45) is 0. The molecule has 0 fully saturated rings. The van der Waals surface area contributed by atoms with Crippen LogP contribution in [0.1, 0.15) is 5.56 Å². The van der Waals surface area contributed by atoms with E-state index in [9.17, 15) is 12.9 Å². The number of halogens is 5. The van der Waals surface area contributed by atoms with Gasteiger partial charge in [0.2, 0.25) is 0 Å². The van der Waals surface area contributed by atoms with E-state index in [1.807, 2.05) is 0 Å². The minimum absolute atomic E-state index is 0.113. The van der Waals surface area contributed by atoms with E-state index in [1.165, 1.54) is 19.2 Å². The molecule has 0 aromatic heterocycles. The highest BCUT2D eigenvalue weighted by Gasteiger charge is 2.30. The smallest absolute Gasteiger partial charge is 0.497 e. The van der Waals surface area contributed by atoms with Crippen molar-refractivity contribution in [1.82, 2.24) is 0 Å². The van der Waals surface area contributed by atoms with Crippen LogP contribution in [0.4, 0.5) is 12.9 Å². The van der Waals surface area contributed by atoms with Gasteiger partial charge in [0, 0.05) is 15.6 Å². The Balaban J connectivity index is 2.27. The maximum absolute atomic E-state index is 13.1. The molecule has 0 N–H and O–H groups in total. The van der Waals surface area contributed by atoms with E-state index in [1.54, 1.807) is 18.2 Å². The van der Waals surface area contributed by atoms with Crippen molar-refractivity contribution in [1.29, 1.82) is 0 Å². The lowest BCUT2D eigenvalue weighted by molar-refractivity contribution is 0.306. The third-order valence-electron chi connectivity index (χ3n) is 2.96. The van der Waals surface area contributed by atoms with Crippen molar-refractivity contribution in [2.45, 2.75) is 6.61 Å². The van der Waals surface area contributed by atoms with E-state index >= 15 is 0 Å². The summed E-state index contributed by atoms with van der Waals surface area (Å²) in [6, 6.07) is 8.24. The highest BCUT2D eigenvalue weighted by Crippen LogP contribution is 2.25. The van der Waals surface area contributed by atoms with Crippen LogP contribution in [0.2, 0.25) is 10.0 Å². The Morgan fingerprint density at radius 1 is 1.05 bits per heavy atom. The lowest BCUT2D eigenvalue weighted by atomic mass is 9.79. The molecule has 0 aliphatic heterocycles. The summed E-state index contributed by atoms with van der Waals surface area (Å²) in [4.78, 5) is 0. The molecule has 2 rings (SSSR count). The Morgan fingerprint density at radius 3 is 2.41 bits per heavy atom. The first kappa shape index (κ1) is 16.8. The van der Waals surface area contributed by atoms with Gasteiger partial charge in [0.15, 0.2) is 0 Å². The minimum atomic E-state index is -5.23. The Bertz CT molecular complexity index is 678. The Labute approximate surface area is 135 Å². The van der Waals surface area contributed by atoms with Gasteiger partial charge in [-0.25, -0.2) is 0 Å². The normalized spacial score (nSPS) is 11.4. The average molecular weight is 350 g/mol. The second-order valence-electron chi connectivity index (χ2n) is 4.50. The molecule has 2 aromatic rings. The fraction of sp³-hybridized carbons (Fsp3) is 0.143. The zero-order valence-electron chi connectivity index (χ0n) is 11.5. The van der Waals surface area contributed by atoms with Crippen LogP contribution in [-0.2, 0) is 6.61 Å². The molecule has 0 aliphatic carbocycles. The molecule has 8 heteroatoms. The summed E-state index contributed by atoms with van der Waals surface area (Å²) in [6.45, 7) is -5.35. The largest absolute Gasteiger partial charge is 0.513 e. The molecule has 0 saturated heterocycles. The van der Waals surface area contributed by atoms with Crippen molar-refractivity contribution in [3.8, 4) is 11.5 Å². The van der Waals surface area contributed by atoms with Gasteiger partial charge < -0.3 is 22.4 Å². The van der Waals surface area contributed by atoms with Gasteiger partial charge in [-0.15, -0.1) is 0 Å². The van der Waals surface area contributed by atoms with Crippen molar-refractivity contribution in [3.63, 3.8) is 0 Å². The summed E-state index contributed by atoms with van der Waals surface area (Å²) in [7, 11) is 1.30. The zero-order chi connectivity index (χ0) is 16.3. The second-order valence-corrected chi connectivity index (χ2v) is 5.35. The molecule has 22 heavy (non-hydrogen) atoms. The van der Waals surface area contributed by atoms with E-state index < -0.39 is 12.4 Å². The highest BCUT2D eigenvalue weighted by atomic mass is 35.5. The van der Waals surface area contributed by atoms with Crippen LogP contribution in [-0.4, -0.2) is 14.1 Å². The summed E-state index contributed by atoms with van der Waals surface area (Å²) < 4.78 is 49.4. The van der Waals surface area contributed by atoms with Gasteiger partial charge in [-0.05, 0) is 36.4 Å². The molecule has 0 aliphatic rings. The fourth-order valence-electron chi connectivity index (χ4n) is 1.85. The van der Waals surface area contributed by atoms with Crippen LogP contribution < -0.4 is 14.9 Å². The molecule has 118 valence electrons. The number of hydrogen-bond acceptors (Lipinski definition) is 2. The standard InChI is InChI=1S/C14H11BCl2F3O2/c1-21-11-3-5-14(12(7-11)15(18,19)20)22-8-9-6-10(16)2-4-13(9)17/h2-7H,8H2,1H3/q-1. The van der Waals surface area contributed by atoms with Crippen LogP contribution in [0, 0.1) is 0 Å². The third kappa shape index (κ3) is 4.02. The van der Waals surface area contributed by atoms with E-state index in [0.717, 1.165) is 6.07 Å². The van der Waals surface area contributed by atoms with Crippen molar-refractivity contribution in [2.75, 3.05) is 7.11 Å². The molecule has 0 saturated carbocycles. The second kappa shape index (κ2) is 6.71. The first-order valence-corrected chi connectivity index (χ1v) is 7.01. The Kier molecular flexibility index (Phi) is 5.14. The fourth-order valence-corrected chi connectivity index (χ4v) is 2.22. The highest BCUT2D eigenvalue weighted by molar-refractivity contribution is 6.74. The van der Waals surface area contributed by atoms with Crippen molar-refractivity contribution < 1.29 is 22.4 Å². The molecule has 2 aromatic carbocycles. The Hall–Kier alpha value is -1.53. The molecule has 0 bridgehead atoms. The van der Waals surface area contributed by atoms with Gasteiger partial charge in [0.1, 0.15) is 12.4 Å². The van der Waals surface area contributed by atoms with E-state index in [2.05, 4.69) is 0 Å². The molecule has 0 atom stereocenters. The molecule has 0 spiro atoms. The average Bonchev–Trinajstić information content (AvgIpc) is 2.47. The van der Waals surface area contributed by atoms with E-state index in [-0.39, 0.29) is 18.1 Å². The van der Waals surface area contributed by atoms with Crippen LogP contribution >= 0.6 is 23.2 Å². The molecule has 0 amide bonds. The predicted octanol–water partition coefficient (Wildman–Crippen LogP) is 4.64. The van der Waals surface area contributed by atoms with Gasteiger partial charge >= 0.3 is 6.98 Å². The topological polar surface area (TPSA) is 18.5 Å². The van der Waals surface area contributed by atoms with E-state index in [0.29, 0.717) is 15.6 Å². The maximum Gasteiger partial charge on any atom is 0.513 e. The zero-order valence-corrected chi connectivity index (χ0v) is 13.0. The van der Waals surface area contributed by atoms with Gasteiger partial charge in [-0.1, -0.05) is 28.7 Å². The van der Waals surface area contributed by atoms with Gasteiger partial charge in [0.05, 0.1) is 12.9 Å². The number of methoxy groups -OCH3 is 1. The summed E-state index contributed by atoms with van der Waals surface area (Å²) >= 11 is 11.8. The molecule has 2 nitrogen and oxygen atoms in total. The number of hydrogen-bond donors (Lipinski definition) is 0. The maximum atomic E-state index is 13.1. The molecular formula is C14H11BCl2F3O2-. The monoisotopic (exact) mass is 349 g/mol. The van der Waals surface area contributed by atoms with Crippen LogP contribution in [0.25, 0.3) is 0 Å². The van der Waals surface area contributed by atoms with Gasteiger partial charge in [0.25, 0.3) is 0 Å². The van der Waals surface area contributed by atoms with Gasteiger partial charge in [-0.3, -0.25) is 0 Å². The number of benzene rings is 2. The van der Waals surface area contributed by atoms with Crippen LogP contribution in [0.5, 0.6) is 11.5 Å². The summed E-state index contributed by atoms with van der Waals surface area (Å²) in [5.74, 6) is -0.160. The minimum Gasteiger partial charge on any atom is -0.497 e. The lowest BCUT2D eigenvalue weighted by Crippen LogP contribution is -2.35. The molecule has 0 heterocycles. The van der Waals surface area contributed by atoms with Crippen LogP contribution in [0.15, 0.2) is 36.4 Å². The lowest BCUT2D eigenvalue weighted by Gasteiger charge is -2.21. The summed E-state index contributed by atoms with van der Waals surface area (Å²) in [5.41, 5.74) is -0.344. The SMILES string of the molecule is COc1ccc(OCc2cc(Cl)ccc2Cl)c([B-](F)(F)F)c1. The summed E-state index contributed by atoms with van der Waals surface area (Å²) in [5, 5.41) is 0.801. The van der Waals surface area contributed by atoms with Gasteiger partial charge in [-0.2, -0.15) is 0 Å². The third-order valence-corrected chi connectivity index (χ3v) is 3.56. The quantitative estimate of drug-likeness (QED) is 0.732. The molecular weight excluding hydrogens is 339 g/mol. The predicted molar refractivity (Wildman–Crippen MR) is 82.5 cm³/mol. The van der Waals surface area contributed by atoms with Crippen molar-refractivity contribution in [3.05, 3.63) is 52.0 Å². The van der Waals surface area contributed by atoms with Crippen molar-refractivity contribution >= 4 is 35.6 Å². The van der Waals surface area contributed by atoms with E-state index in [4.69, 9.17) is 32.7 Å². The molecule has 0 radical (unpaired) electrons. The van der Waals surface area contributed by atoms with Crippen molar-refractivity contribution in [2.24, 2.45) is 0 Å². The first-order chi connectivity index (χ1) is 10.3. The molecule has 0 unspecified atom stereocenters. The van der Waals surface area contributed by atoms with Crippen LogP contribution in [0.3, 0.4) is 0 Å². The Morgan fingerprint density at radius 2 is 1.77 bits per heavy atom.